The summed E-state index contributed by atoms with van der Waals surface area (Å²) in [6.45, 7) is 9.69. The molecule has 0 aliphatic rings. The summed E-state index contributed by atoms with van der Waals surface area (Å²) >= 11 is 0. The van der Waals surface area contributed by atoms with Crippen LogP contribution in [0.2, 0.25) is 0 Å². The van der Waals surface area contributed by atoms with Crippen molar-refractivity contribution in [2.24, 2.45) is 5.41 Å². The molecule has 0 saturated carbocycles. The first-order valence-corrected chi connectivity index (χ1v) is 6.57. The zero-order valence-corrected chi connectivity index (χ0v) is 12.0. The van der Waals surface area contributed by atoms with Gasteiger partial charge in [-0.25, -0.2) is 0 Å². The second kappa shape index (κ2) is 6.10. The standard InChI is InChI=1S/C15H26N2O/c1-11-8-13(16)14(9-12(11)2)17-10-15(3,4)6-5-7-18/h8-9,17-18H,5-7,10,16H2,1-4H3. The molecule has 3 heteroatoms. The van der Waals surface area contributed by atoms with E-state index < -0.39 is 0 Å². The number of rotatable bonds is 6. The molecule has 18 heavy (non-hydrogen) atoms. The third-order valence-corrected chi connectivity index (χ3v) is 3.43. The fourth-order valence-corrected chi connectivity index (χ4v) is 1.97. The fourth-order valence-electron chi connectivity index (χ4n) is 1.97. The van der Waals surface area contributed by atoms with Gasteiger partial charge in [0.2, 0.25) is 0 Å². The lowest BCUT2D eigenvalue weighted by Gasteiger charge is -2.26. The van der Waals surface area contributed by atoms with E-state index in [-0.39, 0.29) is 12.0 Å². The van der Waals surface area contributed by atoms with E-state index in [2.05, 4.69) is 39.1 Å². The van der Waals surface area contributed by atoms with Crippen molar-refractivity contribution in [1.29, 1.82) is 0 Å². The molecule has 102 valence electrons. The van der Waals surface area contributed by atoms with Crippen LogP contribution >= 0.6 is 0 Å². The van der Waals surface area contributed by atoms with Gasteiger partial charge in [-0.2, -0.15) is 0 Å². The van der Waals surface area contributed by atoms with Gasteiger partial charge in [0.25, 0.3) is 0 Å². The van der Waals surface area contributed by atoms with E-state index in [4.69, 9.17) is 10.8 Å². The number of nitrogen functional groups attached to an aromatic ring is 1. The third-order valence-electron chi connectivity index (χ3n) is 3.43. The minimum absolute atomic E-state index is 0.161. The van der Waals surface area contributed by atoms with Crippen LogP contribution in [-0.2, 0) is 0 Å². The van der Waals surface area contributed by atoms with Crippen LogP contribution in [0.5, 0.6) is 0 Å². The average molecular weight is 250 g/mol. The average Bonchev–Trinajstić information content (AvgIpc) is 2.30. The molecule has 0 heterocycles. The molecule has 3 nitrogen and oxygen atoms in total. The fraction of sp³-hybridized carbons (Fsp3) is 0.600. The summed E-state index contributed by atoms with van der Waals surface area (Å²) in [4.78, 5) is 0. The van der Waals surface area contributed by atoms with Crippen molar-refractivity contribution in [3.05, 3.63) is 23.3 Å². The number of benzene rings is 1. The van der Waals surface area contributed by atoms with E-state index in [1.165, 1.54) is 11.1 Å². The van der Waals surface area contributed by atoms with Crippen molar-refractivity contribution in [1.82, 2.24) is 0 Å². The van der Waals surface area contributed by atoms with Crippen molar-refractivity contribution < 1.29 is 5.11 Å². The maximum Gasteiger partial charge on any atom is 0.0576 e. The Bertz CT molecular complexity index is 400. The summed E-state index contributed by atoms with van der Waals surface area (Å²) in [7, 11) is 0. The molecule has 0 unspecified atom stereocenters. The predicted octanol–water partition coefficient (Wildman–Crippen LogP) is 3.10. The Hall–Kier alpha value is -1.22. The lowest BCUT2D eigenvalue weighted by molar-refractivity contribution is 0.248. The predicted molar refractivity (Wildman–Crippen MR) is 78.9 cm³/mol. The van der Waals surface area contributed by atoms with E-state index in [9.17, 15) is 0 Å². The van der Waals surface area contributed by atoms with Gasteiger partial charge in [0.1, 0.15) is 0 Å². The zero-order valence-electron chi connectivity index (χ0n) is 12.0. The van der Waals surface area contributed by atoms with Crippen LogP contribution < -0.4 is 11.1 Å². The summed E-state index contributed by atoms with van der Waals surface area (Å²) in [6.07, 6.45) is 1.85. The zero-order chi connectivity index (χ0) is 13.8. The highest BCUT2D eigenvalue weighted by Gasteiger charge is 2.17. The molecule has 0 amide bonds. The topological polar surface area (TPSA) is 58.3 Å². The van der Waals surface area contributed by atoms with Crippen LogP contribution in [0.15, 0.2) is 12.1 Å². The monoisotopic (exact) mass is 250 g/mol. The van der Waals surface area contributed by atoms with Crippen LogP contribution in [0.4, 0.5) is 11.4 Å². The van der Waals surface area contributed by atoms with Crippen LogP contribution in [0.1, 0.15) is 37.8 Å². The number of nitrogens with two attached hydrogens (primary N) is 1. The summed E-state index contributed by atoms with van der Waals surface area (Å²) in [5.74, 6) is 0. The number of nitrogens with one attached hydrogen (secondary N) is 1. The smallest absolute Gasteiger partial charge is 0.0576 e. The Morgan fingerprint density at radius 2 is 1.83 bits per heavy atom. The second-order valence-electron chi connectivity index (χ2n) is 5.87. The van der Waals surface area contributed by atoms with Gasteiger partial charge in [-0.3, -0.25) is 0 Å². The van der Waals surface area contributed by atoms with Gasteiger partial charge in [0.05, 0.1) is 11.4 Å². The molecule has 0 aromatic heterocycles. The third kappa shape index (κ3) is 4.22. The minimum atomic E-state index is 0.161. The second-order valence-corrected chi connectivity index (χ2v) is 5.87. The van der Waals surface area contributed by atoms with Gasteiger partial charge in [0.15, 0.2) is 0 Å². The van der Waals surface area contributed by atoms with E-state index in [0.29, 0.717) is 0 Å². The van der Waals surface area contributed by atoms with E-state index in [1.54, 1.807) is 0 Å². The molecule has 0 saturated heterocycles. The lowest BCUT2D eigenvalue weighted by Crippen LogP contribution is -2.23. The number of hydrogen-bond acceptors (Lipinski definition) is 3. The summed E-state index contributed by atoms with van der Waals surface area (Å²) in [5, 5.41) is 12.3. The molecule has 0 aliphatic carbocycles. The molecular weight excluding hydrogens is 224 g/mol. The molecule has 0 aliphatic heterocycles. The molecule has 1 aromatic carbocycles. The lowest BCUT2D eigenvalue weighted by atomic mass is 9.88. The molecule has 1 rings (SSSR count). The first kappa shape index (κ1) is 14.8. The van der Waals surface area contributed by atoms with Crippen molar-refractivity contribution in [3.8, 4) is 0 Å². The molecule has 0 spiro atoms. The number of hydrogen-bond donors (Lipinski definition) is 3. The summed E-state index contributed by atoms with van der Waals surface area (Å²) in [5.41, 5.74) is 10.5. The highest BCUT2D eigenvalue weighted by atomic mass is 16.2. The van der Waals surface area contributed by atoms with Crippen molar-refractivity contribution in [3.63, 3.8) is 0 Å². The number of anilines is 2. The Morgan fingerprint density at radius 3 is 2.44 bits per heavy atom. The summed E-state index contributed by atoms with van der Waals surface area (Å²) < 4.78 is 0. The van der Waals surface area contributed by atoms with Crippen LogP contribution in [0.25, 0.3) is 0 Å². The molecule has 4 N–H and O–H groups in total. The van der Waals surface area contributed by atoms with E-state index in [0.717, 1.165) is 30.8 Å². The molecular formula is C15H26N2O. The van der Waals surface area contributed by atoms with Gasteiger partial charge in [-0.15, -0.1) is 0 Å². The Kier molecular flexibility index (Phi) is 5.03. The molecule has 1 aromatic rings. The van der Waals surface area contributed by atoms with E-state index in [1.807, 2.05) is 6.07 Å². The van der Waals surface area contributed by atoms with Crippen molar-refractivity contribution in [2.45, 2.75) is 40.5 Å². The Balaban J connectivity index is 2.66. The quantitative estimate of drug-likeness (QED) is 0.680. The molecule has 0 atom stereocenters. The van der Waals surface area contributed by atoms with Crippen LogP contribution in [-0.4, -0.2) is 18.3 Å². The van der Waals surface area contributed by atoms with Gasteiger partial charge < -0.3 is 16.2 Å². The molecule has 0 fully saturated rings. The number of aliphatic hydroxyl groups excluding tert-OH is 1. The minimum Gasteiger partial charge on any atom is -0.397 e. The van der Waals surface area contributed by atoms with Gasteiger partial charge in [0, 0.05) is 13.2 Å². The number of aryl methyl sites for hydroxylation is 2. The summed E-state index contributed by atoms with van der Waals surface area (Å²) in [6, 6.07) is 4.12. The normalized spacial score (nSPS) is 11.6. The van der Waals surface area contributed by atoms with Crippen LogP contribution in [0.3, 0.4) is 0 Å². The van der Waals surface area contributed by atoms with Gasteiger partial charge >= 0.3 is 0 Å². The Morgan fingerprint density at radius 1 is 1.22 bits per heavy atom. The van der Waals surface area contributed by atoms with Crippen molar-refractivity contribution in [2.75, 3.05) is 24.2 Å². The molecule has 0 bridgehead atoms. The van der Waals surface area contributed by atoms with Gasteiger partial charge in [-0.05, 0) is 55.4 Å². The highest BCUT2D eigenvalue weighted by Crippen LogP contribution is 2.27. The maximum absolute atomic E-state index is 8.89. The first-order valence-electron chi connectivity index (χ1n) is 6.57. The largest absolute Gasteiger partial charge is 0.397 e. The van der Waals surface area contributed by atoms with Crippen molar-refractivity contribution >= 4 is 11.4 Å². The van der Waals surface area contributed by atoms with Gasteiger partial charge in [-0.1, -0.05) is 13.8 Å². The molecule has 0 radical (unpaired) electrons. The van der Waals surface area contributed by atoms with E-state index >= 15 is 0 Å². The maximum atomic E-state index is 8.89. The van der Waals surface area contributed by atoms with Crippen LogP contribution in [0, 0.1) is 19.3 Å². The highest BCUT2D eigenvalue weighted by molar-refractivity contribution is 5.68. The first-order chi connectivity index (χ1) is 8.35. The SMILES string of the molecule is Cc1cc(N)c(NCC(C)(C)CCCO)cc1C. The Labute approximate surface area is 110 Å². The number of aliphatic hydroxyl groups is 1.